The summed E-state index contributed by atoms with van der Waals surface area (Å²) in [6.07, 6.45) is 0.147. The number of carbonyl (C=O) groups excluding carboxylic acids is 1. The summed E-state index contributed by atoms with van der Waals surface area (Å²) >= 11 is 0. The molecule has 1 rings (SSSR count). The lowest BCUT2D eigenvalue weighted by atomic mass is 9.98. The van der Waals surface area contributed by atoms with Crippen LogP contribution in [0.25, 0.3) is 0 Å². The van der Waals surface area contributed by atoms with Crippen LogP contribution in [-0.4, -0.2) is 30.7 Å². The van der Waals surface area contributed by atoms with Gasteiger partial charge in [-0.3, -0.25) is 4.79 Å². The molecule has 0 bridgehead atoms. The molecule has 0 aromatic heterocycles. The number of benzene rings is 1. The Morgan fingerprint density at radius 2 is 2.16 bits per heavy atom. The molecular formula is C14H23N3O2. The Labute approximate surface area is 114 Å². The van der Waals surface area contributed by atoms with Gasteiger partial charge in [0.15, 0.2) is 0 Å². The molecule has 0 radical (unpaired) electrons. The summed E-state index contributed by atoms with van der Waals surface area (Å²) in [5.41, 5.74) is 14.1. The Hall–Kier alpha value is -1.59. The lowest BCUT2D eigenvalue weighted by Crippen LogP contribution is -2.26. The van der Waals surface area contributed by atoms with Crippen molar-refractivity contribution < 1.29 is 9.90 Å². The van der Waals surface area contributed by atoms with Crippen molar-refractivity contribution in [3.8, 4) is 0 Å². The van der Waals surface area contributed by atoms with Crippen LogP contribution in [0.15, 0.2) is 18.2 Å². The average Bonchev–Trinajstić information content (AvgIpc) is 2.34. The van der Waals surface area contributed by atoms with E-state index in [1.165, 1.54) is 0 Å². The summed E-state index contributed by atoms with van der Waals surface area (Å²) in [5.74, 6) is -0.397. The largest absolute Gasteiger partial charge is 0.395 e. The van der Waals surface area contributed by atoms with Crippen LogP contribution in [0.4, 0.5) is 5.69 Å². The van der Waals surface area contributed by atoms with Crippen molar-refractivity contribution in [2.45, 2.75) is 26.3 Å². The number of hydrogen-bond acceptors (Lipinski definition) is 4. The van der Waals surface area contributed by atoms with E-state index in [1.54, 1.807) is 0 Å². The Morgan fingerprint density at radius 1 is 1.47 bits per heavy atom. The summed E-state index contributed by atoms with van der Waals surface area (Å²) in [6.45, 7) is 5.55. The monoisotopic (exact) mass is 265 g/mol. The van der Waals surface area contributed by atoms with Gasteiger partial charge < -0.3 is 21.5 Å². The van der Waals surface area contributed by atoms with E-state index < -0.39 is 5.91 Å². The highest BCUT2D eigenvalue weighted by molar-refractivity contribution is 5.74. The number of aliphatic hydroxyl groups excluding tert-OH is 1. The molecule has 1 unspecified atom stereocenters. The first-order valence-corrected chi connectivity index (χ1v) is 6.49. The van der Waals surface area contributed by atoms with Crippen molar-refractivity contribution in [2.24, 2.45) is 11.5 Å². The molecule has 1 aromatic rings. The Morgan fingerprint density at radius 3 is 2.63 bits per heavy atom. The van der Waals surface area contributed by atoms with E-state index in [0.717, 1.165) is 23.4 Å². The Kier molecular flexibility index (Phi) is 5.79. The normalized spacial score (nSPS) is 12.2. The van der Waals surface area contributed by atoms with E-state index in [1.807, 2.05) is 32.0 Å². The van der Waals surface area contributed by atoms with Crippen LogP contribution in [0.3, 0.4) is 0 Å². The minimum Gasteiger partial charge on any atom is -0.395 e. The number of aryl methyl sites for hydroxylation is 1. The fourth-order valence-corrected chi connectivity index (χ4v) is 2.19. The van der Waals surface area contributed by atoms with Crippen molar-refractivity contribution in [1.82, 2.24) is 0 Å². The first-order valence-electron chi connectivity index (χ1n) is 6.49. The van der Waals surface area contributed by atoms with Crippen LogP contribution in [0.2, 0.25) is 0 Å². The summed E-state index contributed by atoms with van der Waals surface area (Å²) in [5, 5.41) is 9.03. The van der Waals surface area contributed by atoms with Gasteiger partial charge in [0.1, 0.15) is 0 Å². The first kappa shape index (κ1) is 15.5. The number of nitrogens with two attached hydrogens (primary N) is 2. The summed E-state index contributed by atoms with van der Waals surface area (Å²) in [7, 11) is 0. The topological polar surface area (TPSA) is 92.6 Å². The highest BCUT2D eigenvalue weighted by atomic mass is 16.3. The molecule has 106 valence electrons. The van der Waals surface area contributed by atoms with Crippen LogP contribution >= 0.6 is 0 Å². The summed E-state index contributed by atoms with van der Waals surface area (Å²) in [6, 6.07) is 5.55. The molecule has 1 atom stereocenters. The molecule has 0 aliphatic carbocycles. The zero-order chi connectivity index (χ0) is 14.4. The number of amides is 1. The van der Waals surface area contributed by atoms with Crippen molar-refractivity contribution in [1.29, 1.82) is 0 Å². The second-order valence-corrected chi connectivity index (χ2v) is 4.62. The maximum Gasteiger partial charge on any atom is 0.219 e. The third kappa shape index (κ3) is 4.22. The van der Waals surface area contributed by atoms with E-state index in [-0.39, 0.29) is 19.1 Å². The van der Waals surface area contributed by atoms with Crippen LogP contribution in [0, 0.1) is 6.92 Å². The van der Waals surface area contributed by atoms with E-state index in [0.29, 0.717) is 6.54 Å². The van der Waals surface area contributed by atoms with Crippen LogP contribution in [-0.2, 0) is 4.79 Å². The molecule has 0 heterocycles. The number of carbonyl (C=O) groups is 1. The highest BCUT2D eigenvalue weighted by Gasteiger charge is 2.13. The molecule has 0 saturated heterocycles. The molecular weight excluding hydrogens is 242 g/mol. The fourth-order valence-electron chi connectivity index (χ4n) is 2.19. The van der Waals surface area contributed by atoms with Gasteiger partial charge in [0.25, 0.3) is 0 Å². The zero-order valence-corrected chi connectivity index (χ0v) is 11.6. The molecule has 5 N–H and O–H groups in total. The third-order valence-corrected chi connectivity index (χ3v) is 3.19. The SMILES string of the molecule is CCN(CCO)c1ccc(C(N)CC(N)=O)c(C)c1. The van der Waals surface area contributed by atoms with Gasteiger partial charge >= 0.3 is 0 Å². The predicted octanol–water partition coefficient (Wildman–Crippen LogP) is 0.689. The van der Waals surface area contributed by atoms with Crippen molar-refractivity contribution in [3.05, 3.63) is 29.3 Å². The summed E-state index contributed by atoms with van der Waals surface area (Å²) in [4.78, 5) is 13.0. The van der Waals surface area contributed by atoms with Gasteiger partial charge in [-0.05, 0) is 37.1 Å². The maximum absolute atomic E-state index is 10.9. The van der Waals surface area contributed by atoms with E-state index in [9.17, 15) is 4.79 Å². The third-order valence-electron chi connectivity index (χ3n) is 3.19. The zero-order valence-electron chi connectivity index (χ0n) is 11.6. The quantitative estimate of drug-likeness (QED) is 0.676. The average molecular weight is 265 g/mol. The molecule has 0 saturated carbocycles. The van der Waals surface area contributed by atoms with Crippen molar-refractivity contribution in [3.63, 3.8) is 0 Å². The van der Waals surface area contributed by atoms with Gasteiger partial charge in [-0.15, -0.1) is 0 Å². The van der Waals surface area contributed by atoms with Gasteiger partial charge in [0.05, 0.1) is 6.61 Å². The lowest BCUT2D eigenvalue weighted by molar-refractivity contribution is -0.118. The number of likely N-dealkylation sites (N-methyl/N-ethyl adjacent to an activating group) is 1. The van der Waals surface area contributed by atoms with E-state index >= 15 is 0 Å². The number of anilines is 1. The number of primary amides is 1. The molecule has 19 heavy (non-hydrogen) atoms. The van der Waals surface area contributed by atoms with Gasteiger partial charge in [-0.25, -0.2) is 0 Å². The summed E-state index contributed by atoms with van der Waals surface area (Å²) < 4.78 is 0. The Balaban J connectivity index is 2.93. The number of rotatable bonds is 7. The van der Waals surface area contributed by atoms with Gasteiger partial charge in [0.2, 0.25) is 5.91 Å². The standard InChI is InChI=1S/C14H23N3O2/c1-3-17(6-7-18)11-4-5-12(10(2)8-11)13(15)9-14(16)19/h4-5,8,13,18H,3,6-7,9,15H2,1-2H3,(H2,16,19). The highest BCUT2D eigenvalue weighted by Crippen LogP contribution is 2.24. The van der Waals surface area contributed by atoms with Crippen LogP contribution < -0.4 is 16.4 Å². The second kappa shape index (κ2) is 7.11. The molecule has 0 spiro atoms. The van der Waals surface area contributed by atoms with Crippen LogP contribution in [0.5, 0.6) is 0 Å². The first-order chi connectivity index (χ1) is 8.99. The molecule has 1 aromatic carbocycles. The number of nitrogens with zero attached hydrogens (tertiary/aromatic N) is 1. The van der Waals surface area contributed by atoms with E-state index in [4.69, 9.17) is 16.6 Å². The minimum absolute atomic E-state index is 0.121. The number of aliphatic hydroxyl groups is 1. The van der Waals surface area contributed by atoms with Gasteiger partial charge in [-0.1, -0.05) is 6.07 Å². The Bertz CT molecular complexity index is 435. The van der Waals surface area contributed by atoms with Gasteiger partial charge in [0, 0.05) is 31.2 Å². The number of hydrogen-bond donors (Lipinski definition) is 3. The molecule has 1 amide bonds. The molecule has 5 heteroatoms. The van der Waals surface area contributed by atoms with Crippen molar-refractivity contribution in [2.75, 3.05) is 24.6 Å². The van der Waals surface area contributed by atoms with Gasteiger partial charge in [-0.2, -0.15) is 0 Å². The van der Waals surface area contributed by atoms with Crippen LogP contribution in [0.1, 0.15) is 30.5 Å². The fraction of sp³-hybridized carbons (Fsp3) is 0.500. The van der Waals surface area contributed by atoms with Crippen molar-refractivity contribution >= 4 is 11.6 Å². The molecule has 5 nitrogen and oxygen atoms in total. The lowest BCUT2D eigenvalue weighted by Gasteiger charge is -2.24. The predicted molar refractivity (Wildman–Crippen MR) is 76.9 cm³/mol. The molecule has 0 aliphatic heterocycles. The molecule has 0 aliphatic rings. The van der Waals surface area contributed by atoms with E-state index in [2.05, 4.69) is 4.90 Å². The molecule has 0 fully saturated rings. The smallest absolute Gasteiger partial charge is 0.219 e. The minimum atomic E-state index is -0.397. The second-order valence-electron chi connectivity index (χ2n) is 4.62. The maximum atomic E-state index is 10.9.